The largest absolute Gasteiger partial charge is 0.480 e. The van der Waals surface area contributed by atoms with E-state index in [1.165, 1.54) is 12.1 Å². The number of amides is 2. The van der Waals surface area contributed by atoms with Gasteiger partial charge in [-0.2, -0.15) is 0 Å². The van der Waals surface area contributed by atoms with Crippen LogP contribution in [-0.2, 0) is 9.59 Å². The van der Waals surface area contributed by atoms with E-state index < -0.39 is 23.8 Å². The summed E-state index contributed by atoms with van der Waals surface area (Å²) >= 11 is 3.05. The van der Waals surface area contributed by atoms with Gasteiger partial charge in [0.2, 0.25) is 5.91 Å². The summed E-state index contributed by atoms with van der Waals surface area (Å²) in [4.78, 5) is 33.9. The molecule has 1 atom stereocenters. The van der Waals surface area contributed by atoms with Gasteiger partial charge < -0.3 is 20.2 Å². The van der Waals surface area contributed by atoms with Crippen molar-refractivity contribution in [3.8, 4) is 0 Å². The van der Waals surface area contributed by atoms with Crippen LogP contribution in [0.25, 0.3) is 0 Å². The van der Waals surface area contributed by atoms with Crippen LogP contribution in [-0.4, -0.2) is 35.5 Å². The number of nitrogens with one attached hydrogen (secondary N) is 2. The van der Waals surface area contributed by atoms with E-state index in [4.69, 9.17) is 9.52 Å². The molecule has 108 valence electrons. The van der Waals surface area contributed by atoms with Crippen molar-refractivity contribution in [3.05, 3.63) is 35.2 Å². The van der Waals surface area contributed by atoms with Gasteiger partial charge in [0.25, 0.3) is 5.91 Å². The highest BCUT2D eigenvalue weighted by Crippen LogP contribution is 2.13. The maximum atomic E-state index is 11.6. The lowest BCUT2D eigenvalue weighted by Gasteiger charge is -2.12. The zero-order valence-corrected chi connectivity index (χ0v) is 12.0. The number of carboxylic acid groups (broad SMARTS) is 1. The Bertz CT molecular complexity index is 526. The molecule has 0 aliphatic rings. The average Bonchev–Trinajstić information content (AvgIpc) is 2.82. The maximum absolute atomic E-state index is 11.6. The van der Waals surface area contributed by atoms with Crippen LogP contribution in [0.4, 0.5) is 0 Å². The number of carboxylic acids is 1. The van der Waals surface area contributed by atoms with Gasteiger partial charge in [0, 0.05) is 0 Å². The highest BCUT2D eigenvalue weighted by molar-refractivity contribution is 9.10. The van der Waals surface area contributed by atoms with E-state index in [1.807, 2.05) is 0 Å². The molecule has 7 nitrogen and oxygen atoms in total. The lowest BCUT2D eigenvalue weighted by molar-refractivity contribution is -0.141. The molecule has 1 unspecified atom stereocenters. The molecule has 8 heteroatoms. The summed E-state index contributed by atoms with van der Waals surface area (Å²) in [5, 5.41) is 13.4. The Morgan fingerprint density at radius 3 is 2.65 bits per heavy atom. The summed E-state index contributed by atoms with van der Waals surface area (Å²) in [5.74, 6) is -2.30. The van der Waals surface area contributed by atoms with Crippen LogP contribution in [0.5, 0.6) is 0 Å². The smallest absolute Gasteiger partial charge is 0.326 e. The van der Waals surface area contributed by atoms with Crippen LogP contribution in [0.1, 0.15) is 17.0 Å². The molecule has 0 aliphatic heterocycles. The number of rotatable bonds is 7. The first-order valence-corrected chi connectivity index (χ1v) is 6.40. The highest BCUT2D eigenvalue weighted by Gasteiger charge is 2.19. The second-order valence-corrected chi connectivity index (χ2v) is 4.55. The molecule has 2 amide bonds. The van der Waals surface area contributed by atoms with E-state index in [9.17, 15) is 14.4 Å². The van der Waals surface area contributed by atoms with Gasteiger partial charge in [-0.3, -0.25) is 9.59 Å². The first kappa shape index (κ1) is 16.0. The number of halogens is 1. The normalized spacial score (nSPS) is 11.4. The summed E-state index contributed by atoms with van der Waals surface area (Å²) in [5.41, 5.74) is 0. The van der Waals surface area contributed by atoms with E-state index in [-0.39, 0.29) is 18.7 Å². The van der Waals surface area contributed by atoms with Gasteiger partial charge in [0.1, 0.15) is 6.04 Å². The third-order valence-corrected chi connectivity index (χ3v) is 2.67. The number of carbonyl (C=O) groups is 3. The van der Waals surface area contributed by atoms with Crippen molar-refractivity contribution in [1.82, 2.24) is 10.6 Å². The maximum Gasteiger partial charge on any atom is 0.326 e. The molecule has 20 heavy (non-hydrogen) atoms. The molecule has 0 saturated carbocycles. The number of hydrogen-bond donors (Lipinski definition) is 3. The summed E-state index contributed by atoms with van der Waals surface area (Å²) in [6.45, 7) is 3.06. The summed E-state index contributed by atoms with van der Waals surface area (Å²) in [6, 6.07) is 1.92. The Hall–Kier alpha value is -2.09. The van der Waals surface area contributed by atoms with Crippen LogP contribution in [0.3, 0.4) is 0 Å². The topological polar surface area (TPSA) is 109 Å². The van der Waals surface area contributed by atoms with E-state index in [0.29, 0.717) is 4.67 Å². The molecule has 0 radical (unpaired) electrons. The summed E-state index contributed by atoms with van der Waals surface area (Å²) in [6.07, 6.45) is 1.48. The lowest BCUT2D eigenvalue weighted by atomic mass is 10.2. The van der Waals surface area contributed by atoms with Crippen molar-refractivity contribution in [2.75, 3.05) is 6.54 Å². The Kier molecular flexibility index (Phi) is 5.98. The second-order valence-electron chi connectivity index (χ2n) is 3.77. The number of carbonyl (C=O) groups excluding carboxylic acids is 2. The molecule has 1 rings (SSSR count). The van der Waals surface area contributed by atoms with Crippen molar-refractivity contribution in [2.24, 2.45) is 0 Å². The van der Waals surface area contributed by atoms with Gasteiger partial charge in [-0.15, -0.1) is 6.58 Å². The first-order chi connectivity index (χ1) is 9.43. The van der Waals surface area contributed by atoms with Gasteiger partial charge in [0.05, 0.1) is 6.54 Å². The fraction of sp³-hybridized carbons (Fsp3) is 0.250. The van der Waals surface area contributed by atoms with Crippen molar-refractivity contribution in [3.63, 3.8) is 0 Å². The lowest BCUT2D eigenvalue weighted by Crippen LogP contribution is -2.45. The van der Waals surface area contributed by atoms with Crippen LogP contribution >= 0.6 is 15.9 Å². The van der Waals surface area contributed by atoms with Crippen LogP contribution in [0.15, 0.2) is 33.9 Å². The van der Waals surface area contributed by atoms with Crippen LogP contribution < -0.4 is 10.6 Å². The molecule has 0 saturated heterocycles. The minimum absolute atomic E-state index is 0.0468. The highest BCUT2D eigenvalue weighted by atomic mass is 79.9. The molecule has 1 aromatic rings. The molecule has 0 fully saturated rings. The van der Waals surface area contributed by atoms with Gasteiger partial charge >= 0.3 is 5.97 Å². The number of furan rings is 1. The molecular formula is C12H13BrN2O5. The third-order valence-electron chi connectivity index (χ3n) is 2.24. The number of hydrogen-bond acceptors (Lipinski definition) is 4. The Morgan fingerprint density at radius 2 is 2.15 bits per heavy atom. The van der Waals surface area contributed by atoms with E-state index in [0.717, 1.165) is 0 Å². The molecule has 1 aromatic heterocycles. The summed E-state index contributed by atoms with van der Waals surface area (Å²) < 4.78 is 5.39. The van der Waals surface area contributed by atoms with E-state index in [2.05, 4.69) is 33.1 Å². The van der Waals surface area contributed by atoms with Gasteiger partial charge in [-0.25, -0.2) is 4.79 Å². The molecule has 0 spiro atoms. The third kappa shape index (κ3) is 4.88. The first-order valence-electron chi connectivity index (χ1n) is 5.60. The Labute approximate surface area is 123 Å². The minimum Gasteiger partial charge on any atom is -0.480 e. The van der Waals surface area contributed by atoms with Crippen LogP contribution in [0, 0.1) is 0 Å². The fourth-order valence-corrected chi connectivity index (χ4v) is 1.62. The molecule has 0 bridgehead atoms. The Morgan fingerprint density at radius 1 is 1.45 bits per heavy atom. The van der Waals surface area contributed by atoms with Gasteiger partial charge in [-0.05, 0) is 34.5 Å². The zero-order valence-electron chi connectivity index (χ0n) is 10.4. The molecule has 1 heterocycles. The zero-order chi connectivity index (χ0) is 15.1. The monoisotopic (exact) mass is 344 g/mol. The van der Waals surface area contributed by atoms with Gasteiger partial charge in [-0.1, -0.05) is 6.08 Å². The Balaban J connectivity index is 2.44. The van der Waals surface area contributed by atoms with Crippen molar-refractivity contribution < 1.29 is 23.9 Å². The van der Waals surface area contributed by atoms with Gasteiger partial charge in [0.15, 0.2) is 10.4 Å². The minimum atomic E-state index is -1.17. The van der Waals surface area contributed by atoms with E-state index >= 15 is 0 Å². The fourth-order valence-electron chi connectivity index (χ4n) is 1.32. The second kappa shape index (κ2) is 7.49. The molecular weight excluding hydrogens is 332 g/mol. The van der Waals surface area contributed by atoms with Crippen molar-refractivity contribution in [2.45, 2.75) is 12.5 Å². The summed E-state index contributed by atoms with van der Waals surface area (Å²) in [7, 11) is 0. The predicted octanol–water partition coefficient (Wildman–Crippen LogP) is 0.917. The van der Waals surface area contributed by atoms with Crippen molar-refractivity contribution in [1.29, 1.82) is 0 Å². The SMILES string of the molecule is C=CCC(NC(=O)CNC(=O)c1ccc(Br)o1)C(=O)O. The molecule has 3 N–H and O–H groups in total. The standard InChI is InChI=1S/C12H13BrN2O5/c1-2-3-7(12(18)19)15-10(16)6-14-11(17)8-4-5-9(13)20-8/h2,4-5,7H,1,3,6H2,(H,14,17)(H,15,16)(H,18,19). The molecule has 0 aliphatic carbocycles. The van der Waals surface area contributed by atoms with Crippen molar-refractivity contribution >= 4 is 33.7 Å². The number of aliphatic carboxylic acids is 1. The predicted molar refractivity (Wildman–Crippen MR) is 73.1 cm³/mol. The van der Waals surface area contributed by atoms with E-state index in [1.54, 1.807) is 6.07 Å². The quantitative estimate of drug-likeness (QED) is 0.637. The molecule has 0 aromatic carbocycles. The van der Waals surface area contributed by atoms with Crippen LogP contribution in [0.2, 0.25) is 0 Å². The average molecular weight is 345 g/mol.